The number of fused-ring (bicyclic) bond motifs is 1. The van der Waals surface area contributed by atoms with Crippen LogP contribution in [0, 0.1) is 0 Å². The predicted octanol–water partition coefficient (Wildman–Crippen LogP) is 2.27. The number of benzene rings is 1. The smallest absolute Gasteiger partial charge is 0.227 e. The minimum atomic E-state index is -0.0395. The van der Waals surface area contributed by atoms with Crippen LogP contribution in [-0.2, 0) is 4.79 Å². The highest BCUT2D eigenvalue weighted by molar-refractivity contribution is 7.22. The highest BCUT2D eigenvalue weighted by Crippen LogP contribution is 2.31. The average Bonchev–Trinajstić information content (AvgIpc) is 2.78. The molecule has 0 fully saturated rings. The van der Waals surface area contributed by atoms with Gasteiger partial charge >= 0.3 is 0 Å². The van der Waals surface area contributed by atoms with Crippen LogP contribution in [0.4, 0.5) is 5.13 Å². The van der Waals surface area contributed by atoms with Gasteiger partial charge in [-0.3, -0.25) is 4.79 Å². The van der Waals surface area contributed by atoms with Crippen molar-refractivity contribution >= 4 is 45.0 Å². The molecule has 0 radical (unpaired) electrons. The summed E-state index contributed by atoms with van der Waals surface area (Å²) in [6, 6.07) is 5.72. The maximum atomic E-state index is 11.6. The van der Waals surface area contributed by atoms with Gasteiger partial charge in [-0.25, -0.2) is 4.98 Å². The van der Waals surface area contributed by atoms with Crippen LogP contribution in [0.5, 0.6) is 5.75 Å². The van der Waals surface area contributed by atoms with Gasteiger partial charge in [0.15, 0.2) is 5.13 Å². The van der Waals surface area contributed by atoms with E-state index in [9.17, 15) is 4.79 Å². The molecule has 19 heavy (non-hydrogen) atoms. The second-order valence-electron chi connectivity index (χ2n) is 3.73. The molecule has 2 N–H and O–H groups in total. The van der Waals surface area contributed by atoms with Crippen molar-refractivity contribution in [3.05, 3.63) is 18.2 Å². The zero-order valence-electron chi connectivity index (χ0n) is 10.7. The lowest BCUT2D eigenvalue weighted by Crippen LogP contribution is -2.18. The number of para-hydroxylation sites is 1. The first kappa shape index (κ1) is 15.7. The minimum Gasteiger partial charge on any atom is -0.494 e. The number of aromatic nitrogens is 1. The Bertz CT molecular complexity index is 559. The van der Waals surface area contributed by atoms with E-state index in [2.05, 4.69) is 15.6 Å². The van der Waals surface area contributed by atoms with Crippen molar-refractivity contribution in [1.29, 1.82) is 0 Å². The zero-order valence-corrected chi connectivity index (χ0v) is 12.4. The maximum Gasteiger partial charge on any atom is 0.227 e. The van der Waals surface area contributed by atoms with E-state index >= 15 is 0 Å². The Labute approximate surface area is 121 Å². The number of thiazole rings is 1. The van der Waals surface area contributed by atoms with E-state index in [1.54, 1.807) is 7.11 Å². The molecule has 0 bridgehead atoms. The molecule has 0 atom stereocenters. The van der Waals surface area contributed by atoms with Crippen LogP contribution in [0.1, 0.15) is 6.42 Å². The van der Waals surface area contributed by atoms with Crippen LogP contribution in [0.2, 0.25) is 0 Å². The van der Waals surface area contributed by atoms with Crippen LogP contribution < -0.4 is 15.4 Å². The van der Waals surface area contributed by atoms with Crippen LogP contribution in [0.25, 0.3) is 10.2 Å². The lowest BCUT2D eigenvalue weighted by Gasteiger charge is -2.00. The Balaban J connectivity index is 0.00000180. The lowest BCUT2D eigenvalue weighted by molar-refractivity contribution is -0.116. The molecule has 0 saturated heterocycles. The molecule has 7 heteroatoms. The number of nitrogens with one attached hydrogen (secondary N) is 2. The lowest BCUT2D eigenvalue weighted by atomic mass is 10.3. The van der Waals surface area contributed by atoms with Gasteiger partial charge in [0.05, 0.1) is 11.8 Å². The van der Waals surface area contributed by atoms with Crippen molar-refractivity contribution < 1.29 is 9.53 Å². The molecule has 0 aliphatic rings. The van der Waals surface area contributed by atoms with E-state index < -0.39 is 0 Å². The summed E-state index contributed by atoms with van der Waals surface area (Å²) in [6.45, 7) is 0.653. The van der Waals surface area contributed by atoms with Gasteiger partial charge in [0.2, 0.25) is 5.91 Å². The summed E-state index contributed by atoms with van der Waals surface area (Å²) in [5.74, 6) is 0.682. The topological polar surface area (TPSA) is 63.2 Å². The molecule has 1 heterocycles. The van der Waals surface area contributed by atoms with E-state index in [0.29, 0.717) is 18.1 Å². The van der Waals surface area contributed by atoms with E-state index in [1.807, 2.05) is 25.2 Å². The number of nitrogens with zero attached hydrogens (tertiary/aromatic N) is 1. The van der Waals surface area contributed by atoms with Crippen molar-refractivity contribution in [2.45, 2.75) is 6.42 Å². The summed E-state index contributed by atoms with van der Waals surface area (Å²) < 4.78 is 6.23. The molecular formula is C12H16ClN3O2S. The first-order chi connectivity index (χ1) is 8.74. The minimum absolute atomic E-state index is 0. The molecule has 2 aromatic rings. The molecule has 1 aromatic heterocycles. The number of rotatable bonds is 5. The van der Waals surface area contributed by atoms with Crippen LogP contribution >= 0.6 is 23.7 Å². The van der Waals surface area contributed by atoms with Crippen LogP contribution in [0.3, 0.4) is 0 Å². The number of anilines is 1. The molecule has 2 rings (SSSR count). The Kier molecular flexibility index (Phi) is 6.01. The predicted molar refractivity (Wildman–Crippen MR) is 80.6 cm³/mol. The van der Waals surface area contributed by atoms with Crippen molar-refractivity contribution in [2.75, 3.05) is 26.0 Å². The molecule has 0 spiro atoms. The summed E-state index contributed by atoms with van der Waals surface area (Å²) in [4.78, 5) is 16.0. The monoisotopic (exact) mass is 301 g/mol. The Hall–Kier alpha value is -1.37. The Morgan fingerprint density at radius 3 is 2.95 bits per heavy atom. The number of methoxy groups -OCH3 is 1. The number of hydrogen-bond donors (Lipinski definition) is 2. The third kappa shape index (κ3) is 3.79. The molecule has 0 unspecified atom stereocenters. The average molecular weight is 302 g/mol. The van der Waals surface area contributed by atoms with Gasteiger partial charge in [-0.2, -0.15) is 0 Å². The summed E-state index contributed by atoms with van der Waals surface area (Å²) in [7, 11) is 3.43. The first-order valence-electron chi connectivity index (χ1n) is 5.62. The standard InChI is InChI=1S/C12H15N3O2S.ClH/c1-13-7-6-10(16)14-12-15-11-8(17-2)4-3-5-9(11)18-12;/h3-5,13H,6-7H2,1-2H3,(H,14,15,16);1H. The van der Waals surface area contributed by atoms with Crippen molar-refractivity contribution in [3.63, 3.8) is 0 Å². The molecule has 0 saturated carbocycles. The van der Waals surface area contributed by atoms with Gasteiger partial charge in [-0.1, -0.05) is 17.4 Å². The number of carbonyl (C=O) groups is 1. The van der Waals surface area contributed by atoms with Crippen LogP contribution in [0.15, 0.2) is 18.2 Å². The highest BCUT2D eigenvalue weighted by atomic mass is 35.5. The molecule has 1 aromatic carbocycles. The number of hydrogen-bond acceptors (Lipinski definition) is 5. The van der Waals surface area contributed by atoms with Gasteiger partial charge in [-0.15, -0.1) is 12.4 Å². The van der Waals surface area contributed by atoms with Gasteiger partial charge in [0.1, 0.15) is 11.3 Å². The number of amides is 1. The second kappa shape index (κ2) is 7.28. The number of carbonyl (C=O) groups excluding carboxylic acids is 1. The number of halogens is 1. The Morgan fingerprint density at radius 2 is 2.26 bits per heavy atom. The van der Waals surface area contributed by atoms with Crippen molar-refractivity contribution in [3.8, 4) is 5.75 Å². The third-order valence-corrected chi connectivity index (χ3v) is 3.39. The fraction of sp³-hybridized carbons (Fsp3) is 0.333. The summed E-state index contributed by atoms with van der Waals surface area (Å²) in [5.41, 5.74) is 0.786. The van der Waals surface area contributed by atoms with Gasteiger partial charge in [0, 0.05) is 13.0 Å². The summed E-state index contributed by atoms with van der Waals surface area (Å²) in [6.07, 6.45) is 0.434. The normalized spacial score (nSPS) is 10.0. The van der Waals surface area contributed by atoms with E-state index in [4.69, 9.17) is 4.74 Å². The maximum absolute atomic E-state index is 11.6. The van der Waals surface area contributed by atoms with Gasteiger partial charge in [-0.05, 0) is 19.2 Å². The third-order valence-electron chi connectivity index (χ3n) is 2.45. The Morgan fingerprint density at radius 1 is 1.47 bits per heavy atom. The van der Waals surface area contributed by atoms with Crippen molar-refractivity contribution in [2.24, 2.45) is 0 Å². The zero-order chi connectivity index (χ0) is 13.0. The summed E-state index contributed by atoms with van der Waals surface area (Å²) in [5, 5.41) is 6.33. The quantitative estimate of drug-likeness (QED) is 0.889. The summed E-state index contributed by atoms with van der Waals surface area (Å²) >= 11 is 1.45. The molecule has 0 aliphatic heterocycles. The van der Waals surface area contributed by atoms with E-state index in [1.165, 1.54) is 11.3 Å². The molecule has 1 amide bonds. The first-order valence-corrected chi connectivity index (χ1v) is 6.44. The second-order valence-corrected chi connectivity index (χ2v) is 4.76. The van der Waals surface area contributed by atoms with E-state index in [0.717, 1.165) is 16.0 Å². The molecule has 5 nitrogen and oxygen atoms in total. The molecule has 0 aliphatic carbocycles. The largest absolute Gasteiger partial charge is 0.494 e. The number of ether oxygens (including phenoxy) is 1. The van der Waals surface area contributed by atoms with Crippen molar-refractivity contribution in [1.82, 2.24) is 10.3 Å². The highest BCUT2D eigenvalue weighted by Gasteiger charge is 2.10. The van der Waals surface area contributed by atoms with E-state index in [-0.39, 0.29) is 18.3 Å². The van der Waals surface area contributed by atoms with Gasteiger partial charge < -0.3 is 15.4 Å². The van der Waals surface area contributed by atoms with Gasteiger partial charge in [0.25, 0.3) is 0 Å². The fourth-order valence-corrected chi connectivity index (χ4v) is 2.46. The molecule has 104 valence electrons. The van der Waals surface area contributed by atoms with Crippen LogP contribution in [-0.4, -0.2) is 31.6 Å². The SMILES string of the molecule is CNCCC(=O)Nc1nc2c(OC)cccc2s1.Cl. The fourth-order valence-electron chi connectivity index (χ4n) is 1.56. The molecular weight excluding hydrogens is 286 g/mol.